The summed E-state index contributed by atoms with van der Waals surface area (Å²) < 4.78 is 11.5. The number of hydrogen-bond donors (Lipinski definition) is 0. The lowest BCUT2D eigenvalue weighted by Crippen LogP contribution is -2.06. The number of nitrogens with zero attached hydrogens (tertiary/aromatic N) is 3. The van der Waals surface area contributed by atoms with E-state index in [1.807, 2.05) is 41.8 Å². The summed E-state index contributed by atoms with van der Waals surface area (Å²) in [6.07, 6.45) is 0.834. The molecule has 0 aliphatic heterocycles. The predicted molar refractivity (Wildman–Crippen MR) is 95.3 cm³/mol. The second-order valence-corrected chi connectivity index (χ2v) is 7.29. The number of hydrogen-bond acceptors (Lipinski definition) is 8. The number of thiophene rings is 1. The summed E-state index contributed by atoms with van der Waals surface area (Å²) in [6, 6.07) is 11.7. The molecular weight excluding hydrogens is 358 g/mol. The van der Waals surface area contributed by atoms with Crippen LogP contribution in [0.1, 0.15) is 17.3 Å². The first-order valence-corrected chi connectivity index (χ1v) is 9.34. The Bertz CT molecular complexity index is 959. The molecular formula is C17H13N3O3S2. The average molecular weight is 371 g/mol. The molecule has 4 aromatic rings. The number of para-hydroxylation sites is 1. The summed E-state index contributed by atoms with van der Waals surface area (Å²) >= 11 is 3.11. The lowest BCUT2D eigenvalue weighted by Gasteiger charge is -2.00. The van der Waals surface area contributed by atoms with Crippen LogP contribution in [0.3, 0.4) is 0 Å². The van der Waals surface area contributed by atoms with Crippen LogP contribution >= 0.6 is 22.7 Å². The van der Waals surface area contributed by atoms with Crippen molar-refractivity contribution in [1.29, 1.82) is 0 Å². The van der Waals surface area contributed by atoms with Gasteiger partial charge in [0, 0.05) is 6.42 Å². The van der Waals surface area contributed by atoms with Crippen LogP contribution in [0, 0.1) is 0 Å². The van der Waals surface area contributed by atoms with Crippen molar-refractivity contribution in [3.8, 4) is 10.8 Å². The Balaban J connectivity index is 1.29. The molecule has 0 spiro atoms. The van der Waals surface area contributed by atoms with Crippen LogP contribution in [-0.4, -0.2) is 21.1 Å². The van der Waals surface area contributed by atoms with Crippen LogP contribution in [0.25, 0.3) is 21.0 Å². The van der Waals surface area contributed by atoms with Crippen molar-refractivity contribution < 1.29 is 14.1 Å². The monoisotopic (exact) mass is 371 g/mol. The summed E-state index contributed by atoms with van der Waals surface area (Å²) in [5.74, 6) is 0.494. The number of thiazole rings is 1. The first-order chi connectivity index (χ1) is 12.3. The average Bonchev–Trinajstić information content (AvgIpc) is 3.37. The molecule has 25 heavy (non-hydrogen) atoms. The Morgan fingerprint density at radius 2 is 2.08 bits per heavy atom. The van der Waals surface area contributed by atoms with Crippen LogP contribution in [0.4, 0.5) is 0 Å². The van der Waals surface area contributed by atoms with Gasteiger partial charge >= 0.3 is 5.97 Å². The fourth-order valence-corrected chi connectivity index (χ4v) is 3.88. The summed E-state index contributed by atoms with van der Waals surface area (Å²) in [6.45, 7) is 0.00749. The molecule has 8 heteroatoms. The summed E-state index contributed by atoms with van der Waals surface area (Å²) in [4.78, 5) is 21.5. The zero-order valence-corrected chi connectivity index (χ0v) is 14.7. The van der Waals surface area contributed by atoms with Gasteiger partial charge in [-0.3, -0.25) is 4.79 Å². The quantitative estimate of drug-likeness (QED) is 0.475. The van der Waals surface area contributed by atoms with Gasteiger partial charge in [0.2, 0.25) is 5.82 Å². The Morgan fingerprint density at radius 1 is 1.16 bits per heavy atom. The molecule has 0 atom stereocenters. The number of ether oxygens (including phenoxy) is 1. The fraction of sp³-hybridized carbons (Fsp3) is 0.176. The van der Waals surface area contributed by atoms with Gasteiger partial charge in [0.25, 0.3) is 5.89 Å². The topological polar surface area (TPSA) is 78.1 Å². The first kappa shape index (κ1) is 15.9. The second kappa shape index (κ2) is 7.12. The lowest BCUT2D eigenvalue weighted by molar-refractivity contribution is -0.145. The molecule has 0 amide bonds. The van der Waals surface area contributed by atoms with Crippen molar-refractivity contribution in [2.24, 2.45) is 0 Å². The zero-order valence-electron chi connectivity index (χ0n) is 13.0. The third-order valence-electron chi connectivity index (χ3n) is 3.44. The number of rotatable bonds is 6. The molecule has 3 aromatic heterocycles. The maximum absolute atomic E-state index is 11.9. The summed E-state index contributed by atoms with van der Waals surface area (Å²) in [5, 5.41) is 6.68. The molecule has 0 bridgehead atoms. The number of fused-ring (bicyclic) bond motifs is 1. The molecule has 0 unspecified atom stereocenters. The Labute approximate surface area is 151 Å². The van der Waals surface area contributed by atoms with E-state index in [-0.39, 0.29) is 19.0 Å². The molecule has 3 heterocycles. The molecule has 0 saturated carbocycles. The van der Waals surface area contributed by atoms with E-state index in [0.29, 0.717) is 18.1 Å². The van der Waals surface area contributed by atoms with E-state index in [1.165, 1.54) is 11.3 Å². The van der Waals surface area contributed by atoms with Gasteiger partial charge in [-0.2, -0.15) is 4.98 Å². The van der Waals surface area contributed by atoms with E-state index in [4.69, 9.17) is 9.26 Å². The van der Waals surface area contributed by atoms with Crippen LogP contribution in [0.15, 0.2) is 46.3 Å². The maximum Gasteiger partial charge on any atom is 0.306 e. The Morgan fingerprint density at radius 3 is 2.92 bits per heavy atom. The SMILES string of the molecule is O=C(CCc1nc2ccccc2s1)OCc1noc(-c2cccs2)n1. The normalized spacial score (nSPS) is 11.0. The smallest absolute Gasteiger partial charge is 0.306 e. The molecule has 6 nitrogen and oxygen atoms in total. The van der Waals surface area contributed by atoms with Crippen LogP contribution in [0.2, 0.25) is 0 Å². The van der Waals surface area contributed by atoms with Gasteiger partial charge in [-0.15, -0.1) is 22.7 Å². The molecule has 0 saturated heterocycles. The van der Waals surface area contributed by atoms with Crippen LogP contribution < -0.4 is 0 Å². The third-order valence-corrected chi connectivity index (χ3v) is 5.40. The highest BCUT2D eigenvalue weighted by Gasteiger charge is 2.12. The van der Waals surface area contributed by atoms with E-state index in [9.17, 15) is 4.79 Å². The minimum atomic E-state index is -0.304. The van der Waals surface area contributed by atoms with Gasteiger partial charge in [0.15, 0.2) is 6.61 Å². The Hall–Kier alpha value is -2.58. The number of carbonyl (C=O) groups excluding carboxylic acids is 1. The number of carbonyl (C=O) groups is 1. The number of esters is 1. The molecule has 1 aromatic carbocycles. The first-order valence-electron chi connectivity index (χ1n) is 7.64. The molecule has 4 rings (SSSR count). The summed E-state index contributed by atoms with van der Waals surface area (Å²) in [7, 11) is 0. The molecule has 0 N–H and O–H groups in total. The van der Waals surface area contributed by atoms with E-state index in [0.717, 1.165) is 20.1 Å². The van der Waals surface area contributed by atoms with E-state index < -0.39 is 0 Å². The lowest BCUT2D eigenvalue weighted by atomic mass is 10.3. The zero-order chi connectivity index (χ0) is 17.1. The summed E-state index contributed by atoms with van der Waals surface area (Å²) in [5.41, 5.74) is 0.962. The molecule has 0 aliphatic rings. The van der Waals surface area contributed by atoms with Gasteiger partial charge in [0.1, 0.15) is 0 Å². The number of benzene rings is 1. The van der Waals surface area contributed by atoms with Gasteiger partial charge in [-0.1, -0.05) is 23.4 Å². The maximum atomic E-state index is 11.9. The fourth-order valence-electron chi connectivity index (χ4n) is 2.27. The molecule has 0 fully saturated rings. The standard InChI is InChI=1S/C17H13N3O3S2/c21-16(8-7-15-18-11-4-1-2-5-12(11)25-15)22-10-14-19-17(23-20-14)13-6-3-9-24-13/h1-6,9H,7-8,10H2. The van der Waals surface area contributed by atoms with Gasteiger partial charge < -0.3 is 9.26 Å². The van der Waals surface area contributed by atoms with Gasteiger partial charge in [-0.25, -0.2) is 4.98 Å². The molecule has 0 radical (unpaired) electrons. The second-order valence-electron chi connectivity index (χ2n) is 5.23. The molecule has 126 valence electrons. The van der Waals surface area contributed by atoms with Crippen molar-refractivity contribution in [3.63, 3.8) is 0 Å². The predicted octanol–water partition coefficient (Wildman–Crippen LogP) is 4.08. The number of aromatic nitrogens is 3. The minimum absolute atomic E-state index is 0.00749. The van der Waals surface area contributed by atoms with Crippen LogP contribution in [-0.2, 0) is 22.6 Å². The van der Waals surface area contributed by atoms with Crippen LogP contribution in [0.5, 0.6) is 0 Å². The van der Waals surface area contributed by atoms with Crippen molar-refractivity contribution in [2.75, 3.05) is 0 Å². The minimum Gasteiger partial charge on any atom is -0.457 e. The van der Waals surface area contributed by atoms with E-state index >= 15 is 0 Å². The van der Waals surface area contributed by atoms with E-state index in [2.05, 4.69) is 15.1 Å². The highest BCUT2D eigenvalue weighted by Crippen LogP contribution is 2.23. The third kappa shape index (κ3) is 3.75. The van der Waals surface area contributed by atoms with Gasteiger partial charge in [-0.05, 0) is 23.6 Å². The molecule has 0 aliphatic carbocycles. The highest BCUT2D eigenvalue weighted by molar-refractivity contribution is 7.18. The number of aryl methyl sites for hydroxylation is 1. The van der Waals surface area contributed by atoms with Crippen molar-refractivity contribution in [2.45, 2.75) is 19.4 Å². The Kier molecular flexibility index (Phi) is 4.53. The largest absolute Gasteiger partial charge is 0.457 e. The highest BCUT2D eigenvalue weighted by atomic mass is 32.1. The van der Waals surface area contributed by atoms with E-state index in [1.54, 1.807) is 11.3 Å². The van der Waals surface area contributed by atoms with Crippen molar-refractivity contribution >= 4 is 38.9 Å². The van der Waals surface area contributed by atoms with Crippen molar-refractivity contribution in [3.05, 3.63) is 52.6 Å². The van der Waals surface area contributed by atoms with Crippen molar-refractivity contribution in [1.82, 2.24) is 15.1 Å². The van der Waals surface area contributed by atoms with Gasteiger partial charge in [0.05, 0.1) is 26.5 Å².